The summed E-state index contributed by atoms with van der Waals surface area (Å²) in [6.07, 6.45) is 15.1. The highest BCUT2D eigenvalue weighted by atomic mass is 16.5. The summed E-state index contributed by atoms with van der Waals surface area (Å²) in [7, 11) is 0. The van der Waals surface area contributed by atoms with Crippen LogP contribution in [0.3, 0.4) is 0 Å². The molecule has 0 bridgehead atoms. The van der Waals surface area contributed by atoms with Crippen LogP contribution in [0.1, 0.15) is 142 Å². The minimum absolute atomic E-state index is 0.135. The monoisotopic (exact) mass is 576 g/mol. The fourth-order valence-corrected chi connectivity index (χ4v) is 4.90. The Morgan fingerprint density at radius 3 is 1.48 bits per heavy atom. The van der Waals surface area contributed by atoms with Gasteiger partial charge in [0.2, 0.25) is 0 Å². The molecule has 4 unspecified atom stereocenters. The van der Waals surface area contributed by atoms with E-state index < -0.39 is 24.4 Å². The van der Waals surface area contributed by atoms with Gasteiger partial charge in [0.15, 0.2) is 0 Å². The number of aliphatic hydroxyl groups excluding tert-OH is 4. The first kappa shape index (κ1) is 39.2. The van der Waals surface area contributed by atoms with Crippen LogP contribution in [0.15, 0.2) is 0 Å². The number of carbonyl (C=O) groups excluding carboxylic acids is 1. The van der Waals surface area contributed by atoms with Crippen LogP contribution in [0.2, 0.25) is 0 Å². The maximum atomic E-state index is 11.5. The van der Waals surface area contributed by atoms with Gasteiger partial charge in [0, 0.05) is 32.8 Å². The number of aliphatic hydroxyl groups is 4. The number of carbonyl (C=O) groups is 1. The van der Waals surface area contributed by atoms with E-state index in [1.807, 2.05) is 6.92 Å². The van der Waals surface area contributed by atoms with E-state index in [4.69, 9.17) is 24.4 Å². The van der Waals surface area contributed by atoms with Gasteiger partial charge in [-0.2, -0.15) is 0 Å². The van der Waals surface area contributed by atoms with E-state index in [1.54, 1.807) is 0 Å². The lowest BCUT2D eigenvalue weighted by Crippen LogP contribution is -2.46. The Bertz CT molecular complexity index is 533. The van der Waals surface area contributed by atoms with Crippen LogP contribution in [-0.2, 0) is 19.0 Å². The Kier molecular flexibility index (Phi) is 29.1. The van der Waals surface area contributed by atoms with Crippen molar-refractivity contribution in [3.05, 3.63) is 0 Å². The summed E-state index contributed by atoms with van der Waals surface area (Å²) < 4.78 is 17.2. The molecule has 0 fully saturated rings. The highest BCUT2D eigenvalue weighted by Gasteiger charge is 2.33. The molecule has 240 valence electrons. The fourth-order valence-electron chi connectivity index (χ4n) is 4.90. The fraction of sp³-hybridized carbons (Fsp3) is 0.969. The van der Waals surface area contributed by atoms with E-state index in [0.29, 0.717) is 39.1 Å². The highest BCUT2D eigenvalue weighted by molar-refractivity contribution is 5.69. The lowest BCUT2D eigenvalue weighted by molar-refractivity contribution is -0.143. The highest BCUT2D eigenvalue weighted by Crippen LogP contribution is 2.21. The smallest absolute Gasteiger partial charge is 0.305 e. The van der Waals surface area contributed by atoms with Crippen LogP contribution < -0.4 is 0 Å². The Morgan fingerprint density at radius 2 is 1.00 bits per heavy atom. The molecule has 4 N–H and O–H groups in total. The molecule has 4 atom stereocenters. The van der Waals surface area contributed by atoms with Gasteiger partial charge in [-0.25, -0.2) is 0 Å². The third-order valence-electron chi connectivity index (χ3n) is 7.40. The van der Waals surface area contributed by atoms with Gasteiger partial charge >= 0.3 is 5.97 Å². The minimum atomic E-state index is -1.02. The van der Waals surface area contributed by atoms with Crippen molar-refractivity contribution in [3.8, 4) is 0 Å². The average Bonchev–Trinajstić information content (AvgIpc) is 2.95. The van der Waals surface area contributed by atoms with Crippen LogP contribution >= 0.6 is 0 Å². The summed E-state index contributed by atoms with van der Waals surface area (Å²) in [5.41, 5.74) is 0. The van der Waals surface area contributed by atoms with E-state index in [9.17, 15) is 15.0 Å². The topological polar surface area (TPSA) is 126 Å². The van der Waals surface area contributed by atoms with Crippen molar-refractivity contribution in [2.45, 2.75) is 167 Å². The van der Waals surface area contributed by atoms with Crippen molar-refractivity contribution in [3.63, 3.8) is 0 Å². The van der Waals surface area contributed by atoms with Gasteiger partial charge < -0.3 is 34.6 Å². The van der Waals surface area contributed by atoms with Crippen LogP contribution in [0.4, 0.5) is 0 Å². The zero-order chi connectivity index (χ0) is 29.7. The third kappa shape index (κ3) is 22.9. The minimum Gasteiger partial charge on any atom is -0.466 e. The summed E-state index contributed by atoms with van der Waals surface area (Å²) in [5, 5.41) is 40.4. The predicted molar refractivity (Wildman–Crippen MR) is 160 cm³/mol. The lowest BCUT2D eigenvalue weighted by Gasteiger charge is -2.32. The average molecular weight is 577 g/mol. The molecule has 0 aromatic rings. The molecule has 0 saturated heterocycles. The molecule has 0 aliphatic carbocycles. The van der Waals surface area contributed by atoms with Gasteiger partial charge in [-0.1, -0.05) is 84.0 Å². The number of unbranched alkanes of at least 4 members (excludes halogenated alkanes) is 13. The second-order valence-corrected chi connectivity index (χ2v) is 11.0. The number of esters is 1. The van der Waals surface area contributed by atoms with E-state index >= 15 is 0 Å². The Balaban J connectivity index is 4.89. The summed E-state index contributed by atoms with van der Waals surface area (Å²) in [6.45, 7) is 5.88. The number of hydrogen-bond acceptors (Lipinski definition) is 8. The van der Waals surface area contributed by atoms with Crippen LogP contribution in [-0.4, -0.2) is 83.8 Å². The maximum absolute atomic E-state index is 11.5. The van der Waals surface area contributed by atoms with Crippen molar-refractivity contribution < 1.29 is 39.4 Å². The molecule has 8 heteroatoms. The van der Waals surface area contributed by atoms with Gasteiger partial charge in [0.1, 0.15) is 12.2 Å². The second-order valence-electron chi connectivity index (χ2n) is 11.0. The number of rotatable bonds is 31. The molecule has 0 spiro atoms. The Labute approximate surface area is 245 Å². The van der Waals surface area contributed by atoms with Gasteiger partial charge in [0.05, 0.1) is 18.8 Å². The van der Waals surface area contributed by atoms with Gasteiger partial charge in [-0.05, 0) is 51.9 Å². The summed E-state index contributed by atoms with van der Waals surface area (Å²) >= 11 is 0. The molecule has 0 radical (unpaired) electrons. The van der Waals surface area contributed by atoms with E-state index in [2.05, 4.69) is 6.92 Å². The van der Waals surface area contributed by atoms with Crippen molar-refractivity contribution in [2.24, 2.45) is 0 Å². The van der Waals surface area contributed by atoms with Gasteiger partial charge in [-0.15, -0.1) is 0 Å². The molecule has 40 heavy (non-hydrogen) atoms. The first-order valence-electron chi connectivity index (χ1n) is 16.5. The standard InChI is InChI=1S/C32H64O8/c1-3-5-6-14-21-28(39-26-19-12-10-17-24-33)31(36)32(37)29(40-27-20-13-11-18-25-34)22-15-8-7-9-16-23-30(35)38-4-2/h28-29,31-34,36-37H,3-27H2,1-2H3. The zero-order valence-corrected chi connectivity index (χ0v) is 25.9. The van der Waals surface area contributed by atoms with Gasteiger partial charge in [-0.3, -0.25) is 4.79 Å². The molecule has 0 aromatic carbocycles. The molecule has 0 rings (SSSR count). The normalized spacial score (nSPS) is 14.7. The molecule has 0 amide bonds. The molecule has 0 aliphatic rings. The molecule has 0 saturated carbocycles. The summed E-state index contributed by atoms with van der Waals surface area (Å²) in [4.78, 5) is 11.5. The zero-order valence-electron chi connectivity index (χ0n) is 25.9. The molecule has 0 aromatic heterocycles. The summed E-state index contributed by atoms with van der Waals surface area (Å²) in [5.74, 6) is -0.135. The van der Waals surface area contributed by atoms with Crippen molar-refractivity contribution in [1.82, 2.24) is 0 Å². The summed E-state index contributed by atoms with van der Waals surface area (Å²) in [6, 6.07) is 0. The lowest BCUT2D eigenvalue weighted by atomic mass is 9.95. The maximum Gasteiger partial charge on any atom is 0.305 e. The molecule has 0 aliphatic heterocycles. The Hall–Kier alpha value is -0.770. The molecular weight excluding hydrogens is 512 g/mol. The first-order valence-corrected chi connectivity index (χ1v) is 16.5. The molecule has 8 nitrogen and oxygen atoms in total. The number of hydrogen-bond donors (Lipinski definition) is 4. The second kappa shape index (κ2) is 29.7. The number of ether oxygens (including phenoxy) is 3. The van der Waals surface area contributed by atoms with Gasteiger partial charge in [0.25, 0.3) is 0 Å². The van der Waals surface area contributed by atoms with Crippen molar-refractivity contribution >= 4 is 5.97 Å². The quantitative estimate of drug-likeness (QED) is 0.0598. The molecule has 0 heterocycles. The SMILES string of the molecule is CCCCCCC(OCCCCCCO)C(O)C(O)C(CCCCCCCC(=O)OCC)OCCCCCCO. The van der Waals surface area contributed by atoms with Crippen LogP contribution in [0.25, 0.3) is 0 Å². The third-order valence-corrected chi connectivity index (χ3v) is 7.40. The predicted octanol–water partition coefficient (Wildman–Crippen LogP) is 5.85. The van der Waals surface area contributed by atoms with E-state index in [0.717, 1.165) is 109 Å². The first-order chi connectivity index (χ1) is 19.5. The van der Waals surface area contributed by atoms with E-state index in [-0.39, 0.29) is 19.2 Å². The molecular formula is C32H64O8. The van der Waals surface area contributed by atoms with Crippen LogP contribution in [0, 0.1) is 0 Å². The van der Waals surface area contributed by atoms with Crippen molar-refractivity contribution in [2.75, 3.05) is 33.0 Å². The Morgan fingerprint density at radius 1 is 0.575 bits per heavy atom. The van der Waals surface area contributed by atoms with Crippen LogP contribution in [0.5, 0.6) is 0 Å². The van der Waals surface area contributed by atoms with Crippen molar-refractivity contribution in [1.29, 1.82) is 0 Å². The van der Waals surface area contributed by atoms with E-state index in [1.165, 1.54) is 0 Å². The largest absolute Gasteiger partial charge is 0.466 e.